The smallest absolute Gasteiger partial charge is 0.338 e. The van der Waals surface area contributed by atoms with Crippen molar-refractivity contribution in [2.75, 3.05) is 11.9 Å². The first-order chi connectivity index (χ1) is 12.0. The lowest BCUT2D eigenvalue weighted by atomic mass is 10.1. The summed E-state index contributed by atoms with van der Waals surface area (Å²) in [4.78, 5) is 34.6. The van der Waals surface area contributed by atoms with Crippen molar-refractivity contribution in [3.63, 3.8) is 0 Å². The Hall–Kier alpha value is -2.88. The fraction of sp³-hybridized carbons (Fsp3) is 0.333. The van der Waals surface area contributed by atoms with Crippen molar-refractivity contribution in [2.45, 2.75) is 25.7 Å². The van der Waals surface area contributed by atoms with Crippen molar-refractivity contribution in [3.8, 4) is 0 Å². The van der Waals surface area contributed by atoms with Crippen LogP contribution in [0.4, 0.5) is 10.8 Å². The molecule has 0 unspecified atom stereocenters. The Balaban J connectivity index is 1.84. The number of anilines is 1. The summed E-state index contributed by atoms with van der Waals surface area (Å²) in [5.74, 6) is -0.920. The van der Waals surface area contributed by atoms with E-state index in [0.717, 1.165) is 30.0 Å². The Labute approximate surface area is 146 Å². The van der Waals surface area contributed by atoms with E-state index in [0.29, 0.717) is 11.0 Å². The molecule has 1 saturated carbocycles. The highest BCUT2D eigenvalue weighted by molar-refractivity contribution is 7.15. The number of nitrogens with zero attached hydrogens (tertiary/aromatic N) is 3. The number of carbonyl (C=O) groups is 2. The van der Waals surface area contributed by atoms with Gasteiger partial charge in [-0.25, -0.2) is 4.79 Å². The molecule has 1 fully saturated rings. The Morgan fingerprint density at radius 2 is 2.04 bits per heavy atom. The zero-order valence-corrected chi connectivity index (χ0v) is 14.0. The Kier molecular flexibility index (Phi) is 4.70. The van der Waals surface area contributed by atoms with Crippen molar-refractivity contribution >= 4 is 34.0 Å². The van der Waals surface area contributed by atoms with Gasteiger partial charge in [-0.2, -0.15) is 0 Å². The third-order valence-corrected chi connectivity index (χ3v) is 4.49. The summed E-state index contributed by atoms with van der Waals surface area (Å²) in [6, 6.07) is 3.43. The van der Waals surface area contributed by atoms with Gasteiger partial charge >= 0.3 is 5.97 Å². The summed E-state index contributed by atoms with van der Waals surface area (Å²) in [5, 5.41) is 22.7. The molecule has 0 aliphatic heterocycles. The number of hydrogen-bond acceptors (Lipinski definition) is 8. The van der Waals surface area contributed by atoms with Gasteiger partial charge in [0, 0.05) is 23.6 Å². The van der Waals surface area contributed by atoms with E-state index in [-0.39, 0.29) is 23.4 Å². The van der Waals surface area contributed by atoms with E-state index in [1.54, 1.807) is 6.92 Å². The predicted molar refractivity (Wildman–Crippen MR) is 88.9 cm³/mol. The van der Waals surface area contributed by atoms with E-state index >= 15 is 0 Å². The van der Waals surface area contributed by atoms with Gasteiger partial charge in [0.15, 0.2) is 0 Å². The third kappa shape index (κ3) is 3.97. The molecule has 0 atom stereocenters. The molecule has 1 aliphatic carbocycles. The number of rotatable bonds is 6. The third-order valence-electron chi connectivity index (χ3n) is 3.49. The number of carbonyl (C=O) groups excluding carboxylic acids is 2. The van der Waals surface area contributed by atoms with Crippen LogP contribution in [0.1, 0.15) is 51.4 Å². The lowest BCUT2D eigenvalue weighted by molar-refractivity contribution is -0.384. The van der Waals surface area contributed by atoms with Gasteiger partial charge in [-0.15, -0.1) is 10.2 Å². The molecular formula is C15H14N4O5S. The van der Waals surface area contributed by atoms with E-state index in [2.05, 4.69) is 15.5 Å². The molecule has 1 N–H and O–H groups in total. The summed E-state index contributed by atoms with van der Waals surface area (Å²) in [6.45, 7) is 1.74. The molecule has 0 spiro atoms. The Morgan fingerprint density at radius 1 is 1.32 bits per heavy atom. The maximum absolute atomic E-state index is 12.4. The minimum Gasteiger partial charge on any atom is -0.462 e. The molecular weight excluding hydrogens is 348 g/mol. The highest BCUT2D eigenvalue weighted by Gasteiger charge is 2.28. The standard InChI is InChI=1S/C15H14N4O5S/c1-2-24-14(21)10-5-9(6-11(7-10)19(22)23)12(20)16-15-18-17-13(25-15)8-3-4-8/h5-8H,2-4H2,1H3,(H,16,18,20). The number of benzene rings is 1. The highest BCUT2D eigenvalue weighted by Crippen LogP contribution is 2.42. The number of nitro benzene ring substituents is 1. The molecule has 0 bridgehead atoms. The zero-order valence-electron chi connectivity index (χ0n) is 13.2. The summed E-state index contributed by atoms with van der Waals surface area (Å²) in [5.41, 5.74) is -0.454. The molecule has 0 saturated heterocycles. The molecule has 0 radical (unpaired) electrons. The van der Waals surface area contributed by atoms with Crippen molar-refractivity contribution in [1.82, 2.24) is 10.2 Å². The van der Waals surface area contributed by atoms with Gasteiger partial charge in [0.1, 0.15) is 5.01 Å². The first-order valence-corrected chi connectivity index (χ1v) is 8.41. The molecule has 130 valence electrons. The molecule has 25 heavy (non-hydrogen) atoms. The van der Waals surface area contributed by atoms with Gasteiger partial charge in [0.05, 0.1) is 17.1 Å². The average Bonchev–Trinajstić information content (AvgIpc) is 3.34. The molecule has 1 heterocycles. The Bertz CT molecular complexity index is 846. The molecule has 3 rings (SSSR count). The van der Waals surface area contributed by atoms with Crippen LogP contribution >= 0.6 is 11.3 Å². The quantitative estimate of drug-likeness (QED) is 0.476. The normalized spacial score (nSPS) is 13.3. The summed E-state index contributed by atoms with van der Waals surface area (Å²) in [6.07, 6.45) is 2.13. The average molecular weight is 362 g/mol. The van der Waals surface area contributed by atoms with Crippen LogP contribution in [-0.4, -0.2) is 33.6 Å². The lowest BCUT2D eigenvalue weighted by Gasteiger charge is -2.05. The molecule has 10 heteroatoms. The van der Waals surface area contributed by atoms with Crippen LogP contribution in [0.15, 0.2) is 18.2 Å². The summed E-state index contributed by atoms with van der Waals surface area (Å²) in [7, 11) is 0. The van der Waals surface area contributed by atoms with E-state index in [4.69, 9.17) is 4.74 Å². The van der Waals surface area contributed by atoms with E-state index in [1.807, 2.05) is 0 Å². The van der Waals surface area contributed by atoms with E-state index in [1.165, 1.54) is 17.4 Å². The zero-order chi connectivity index (χ0) is 18.0. The summed E-state index contributed by atoms with van der Waals surface area (Å²) >= 11 is 1.28. The molecule has 2 aromatic rings. The molecule has 9 nitrogen and oxygen atoms in total. The number of non-ortho nitro benzene ring substituents is 1. The topological polar surface area (TPSA) is 124 Å². The van der Waals surface area contributed by atoms with Crippen LogP contribution in [0.3, 0.4) is 0 Å². The van der Waals surface area contributed by atoms with E-state index in [9.17, 15) is 19.7 Å². The van der Waals surface area contributed by atoms with Crippen molar-refractivity contribution in [2.24, 2.45) is 0 Å². The number of aromatic nitrogens is 2. The lowest BCUT2D eigenvalue weighted by Crippen LogP contribution is -2.14. The fourth-order valence-corrected chi connectivity index (χ4v) is 3.04. The van der Waals surface area contributed by atoms with Crippen LogP contribution < -0.4 is 5.32 Å². The minimum absolute atomic E-state index is 0.0274. The van der Waals surface area contributed by atoms with Gasteiger partial charge in [0.2, 0.25) is 5.13 Å². The number of nitrogens with one attached hydrogen (secondary N) is 1. The van der Waals surface area contributed by atoms with Crippen molar-refractivity contribution in [1.29, 1.82) is 0 Å². The number of esters is 1. The second-order valence-corrected chi connectivity index (χ2v) is 6.43. The fourth-order valence-electron chi connectivity index (χ4n) is 2.13. The molecule has 1 amide bonds. The number of nitro groups is 1. The number of amides is 1. The molecule has 1 aliphatic rings. The highest BCUT2D eigenvalue weighted by atomic mass is 32.1. The second-order valence-electron chi connectivity index (χ2n) is 5.42. The first-order valence-electron chi connectivity index (χ1n) is 7.59. The van der Waals surface area contributed by atoms with Gasteiger partial charge < -0.3 is 4.74 Å². The Morgan fingerprint density at radius 3 is 2.68 bits per heavy atom. The minimum atomic E-state index is -0.729. The maximum atomic E-state index is 12.4. The van der Waals surface area contributed by atoms with E-state index < -0.39 is 16.8 Å². The second kappa shape index (κ2) is 6.93. The largest absolute Gasteiger partial charge is 0.462 e. The molecule has 1 aromatic heterocycles. The maximum Gasteiger partial charge on any atom is 0.338 e. The number of hydrogen-bond donors (Lipinski definition) is 1. The van der Waals surface area contributed by atoms with Gasteiger partial charge in [-0.05, 0) is 25.8 Å². The SMILES string of the molecule is CCOC(=O)c1cc(C(=O)Nc2nnc(C3CC3)s2)cc([N+](=O)[O-])c1. The van der Waals surface area contributed by atoms with Crippen molar-refractivity contribution < 1.29 is 19.2 Å². The summed E-state index contributed by atoms with van der Waals surface area (Å²) < 4.78 is 4.84. The van der Waals surface area contributed by atoms with Gasteiger partial charge in [0.25, 0.3) is 11.6 Å². The van der Waals surface area contributed by atoms with Crippen LogP contribution in [0.5, 0.6) is 0 Å². The van der Waals surface area contributed by atoms with Crippen LogP contribution in [0, 0.1) is 10.1 Å². The van der Waals surface area contributed by atoms with Crippen molar-refractivity contribution in [3.05, 3.63) is 44.4 Å². The van der Waals surface area contributed by atoms with Crippen LogP contribution in [0.2, 0.25) is 0 Å². The predicted octanol–water partition coefficient (Wildman–Crippen LogP) is 2.75. The van der Waals surface area contributed by atoms with Gasteiger partial charge in [-0.1, -0.05) is 11.3 Å². The number of ether oxygens (including phenoxy) is 1. The van der Waals surface area contributed by atoms with Gasteiger partial charge in [-0.3, -0.25) is 20.2 Å². The molecule has 1 aromatic carbocycles. The monoisotopic (exact) mass is 362 g/mol. The first kappa shape index (κ1) is 17.0. The van der Waals surface area contributed by atoms with Crippen LogP contribution in [-0.2, 0) is 4.74 Å². The van der Waals surface area contributed by atoms with Crippen LogP contribution in [0.25, 0.3) is 0 Å².